The summed E-state index contributed by atoms with van der Waals surface area (Å²) in [5, 5.41) is 5.48. The van der Waals surface area contributed by atoms with Gasteiger partial charge >= 0.3 is 0 Å². The highest BCUT2D eigenvalue weighted by molar-refractivity contribution is 7.81. The molecule has 2 N–H and O–H groups in total. The van der Waals surface area contributed by atoms with E-state index < -0.39 is 0 Å². The highest BCUT2D eigenvalue weighted by Gasteiger charge is 2.29. The highest BCUT2D eigenvalue weighted by Crippen LogP contribution is 2.16. The van der Waals surface area contributed by atoms with E-state index in [1.54, 1.807) is 14.1 Å². The molecule has 0 aliphatic rings. The predicted molar refractivity (Wildman–Crippen MR) is 50.0 cm³/mol. The Bertz CT molecular complexity index is 142. The molecule has 0 rings (SSSR count). The van der Waals surface area contributed by atoms with E-state index in [0.29, 0.717) is 0 Å². The molecule has 11 heavy (non-hydrogen) atoms. The Morgan fingerprint density at radius 1 is 1.45 bits per heavy atom. The maximum Gasteiger partial charge on any atom is 0.238 e. The van der Waals surface area contributed by atoms with Crippen molar-refractivity contribution in [3.05, 3.63) is 0 Å². The minimum Gasteiger partial charge on any atom is -0.358 e. The number of hydrogen-bond acceptors (Lipinski definition) is 3. The summed E-state index contributed by atoms with van der Waals surface area (Å²) >= 11 is 4.30. The molecular weight excluding hydrogens is 160 g/mol. The molecule has 0 fully saturated rings. The van der Waals surface area contributed by atoms with Gasteiger partial charge in [-0.15, -0.1) is 0 Å². The maximum absolute atomic E-state index is 11.2. The van der Waals surface area contributed by atoms with Crippen molar-refractivity contribution in [2.45, 2.75) is 24.6 Å². The van der Waals surface area contributed by atoms with Crippen molar-refractivity contribution in [1.82, 2.24) is 10.6 Å². The van der Waals surface area contributed by atoms with Crippen molar-refractivity contribution in [2.75, 3.05) is 14.1 Å². The van der Waals surface area contributed by atoms with Crippen molar-refractivity contribution in [3.8, 4) is 0 Å². The van der Waals surface area contributed by atoms with Crippen LogP contribution in [0.1, 0.15) is 13.8 Å². The van der Waals surface area contributed by atoms with Crippen LogP contribution in [0.4, 0.5) is 0 Å². The number of carbonyl (C=O) groups is 1. The topological polar surface area (TPSA) is 41.1 Å². The third kappa shape index (κ3) is 3.12. The molecule has 0 spiro atoms. The first-order valence-corrected chi connectivity index (χ1v) is 3.99. The molecule has 0 aromatic rings. The van der Waals surface area contributed by atoms with Crippen LogP contribution in [0.5, 0.6) is 0 Å². The summed E-state index contributed by atoms with van der Waals surface area (Å²) in [5.41, 5.74) is 0. The summed E-state index contributed by atoms with van der Waals surface area (Å²) in [5.74, 6) is -0.0347. The van der Waals surface area contributed by atoms with E-state index in [0.717, 1.165) is 0 Å². The van der Waals surface area contributed by atoms with Crippen molar-refractivity contribution in [1.29, 1.82) is 0 Å². The fourth-order valence-corrected chi connectivity index (χ4v) is 1.20. The third-order valence-corrected chi connectivity index (χ3v) is 1.76. The lowest BCUT2D eigenvalue weighted by Crippen LogP contribution is -2.51. The number of rotatable bonds is 3. The molecule has 0 saturated heterocycles. The largest absolute Gasteiger partial charge is 0.358 e. The molecule has 0 aliphatic carbocycles. The SMILES string of the molecule is CNC(=O)[C@@H](NC)C(C)(C)S. The molecule has 4 heteroatoms. The van der Waals surface area contributed by atoms with Crippen LogP contribution >= 0.6 is 12.6 Å². The second-order valence-electron chi connectivity index (χ2n) is 2.99. The second-order valence-corrected chi connectivity index (χ2v) is 4.14. The van der Waals surface area contributed by atoms with E-state index in [1.165, 1.54) is 0 Å². The van der Waals surface area contributed by atoms with E-state index in [9.17, 15) is 4.79 Å². The van der Waals surface area contributed by atoms with Crippen LogP contribution in [-0.4, -0.2) is 30.8 Å². The van der Waals surface area contributed by atoms with Crippen molar-refractivity contribution < 1.29 is 4.79 Å². The van der Waals surface area contributed by atoms with Gasteiger partial charge in [-0.2, -0.15) is 12.6 Å². The minimum atomic E-state index is -0.338. The van der Waals surface area contributed by atoms with Crippen LogP contribution < -0.4 is 10.6 Å². The smallest absolute Gasteiger partial charge is 0.238 e. The van der Waals surface area contributed by atoms with E-state index >= 15 is 0 Å². The number of carbonyl (C=O) groups excluding carboxylic acids is 1. The van der Waals surface area contributed by atoms with Crippen LogP contribution in [-0.2, 0) is 4.79 Å². The number of nitrogens with one attached hydrogen (secondary N) is 2. The third-order valence-electron chi connectivity index (χ3n) is 1.50. The van der Waals surface area contributed by atoms with Gasteiger partial charge in [0.2, 0.25) is 5.91 Å². The summed E-state index contributed by atoms with van der Waals surface area (Å²) in [6.07, 6.45) is 0. The molecule has 0 unspecified atom stereocenters. The zero-order valence-corrected chi connectivity index (χ0v) is 8.33. The molecule has 0 heterocycles. The molecule has 1 amide bonds. The monoisotopic (exact) mass is 176 g/mol. The van der Waals surface area contributed by atoms with Gasteiger partial charge < -0.3 is 10.6 Å². The van der Waals surface area contributed by atoms with Crippen LogP contribution in [0.3, 0.4) is 0 Å². The lowest BCUT2D eigenvalue weighted by molar-refractivity contribution is -0.123. The lowest BCUT2D eigenvalue weighted by Gasteiger charge is -2.27. The number of likely N-dealkylation sites (N-methyl/N-ethyl adjacent to an activating group) is 2. The van der Waals surface area contributed by atoms with Gasteiger partial charge in [0.15, 0.2) is 0 Å². The minimum absolute atomic E-state index is 0.0347. The number of thiol groups is 1. The first kappa shape index (κ1) is 10.8. The van der Waals surface area contributed by atoms with Gasteiger partial charge in [-0.3, -0.25) is 4.79 Å². The van der Waals surface area contributed by atoms with Crippen LogP contribution in [0, 0.1) is 0 Å². The molecule has 0 aromatic carbocycles. The summed E-state index contributed by atoms with van der Waals surface area (Å²) in [7, 11) is 3.37. The normalized spacial score (nSPS) is 14.3. The summed E-state index contributed by atoms with van der Waals surface area (Å²) in [6, 6.07) is -0.254. The Morgan fingerprint density at radius 2 is 1.91 bits per heavy atom. The Kier molecular flexibility index (Phi) is 3.89. The average Bonchev–Trinajstić information content (AvgIpc) is 1.86. The molecule has 0 aliphatic heterocycles. The van der Waals surface area contributed by atoms with Crippen molar-refractivity contribution in [3.63, 3.8) is 0 Å². The molecule has 66 valence electrons. The first-order chi connectivity index (χ1) is 4.93. The van der Waals surface area contributed by atoms with Gasteiger partial charge in [0.25, 0.3) is 0 Å². The maximum atomic E-state index is 11.2. The Morgan fingerprint density at radius 3 is 2.00 bits per heavy atom. The summed E-state index contributed by atoms with van der Waals surface area (Å²) in [4.78, 5) is 11.2. The van der Waals surface area contributed by atoms with Crippen molar-refractivity contribution >= 4 is 18.5 Å². The van der Waals surface area contributed by atoms with Crippen LogP contribution in [0.25, 0.3) is 0 Å². The van der Waals surface area contributed by atoms with Gasteiger partial charge in [0.1, 0.15) is 6.04 Å². The van der Waals surface area contributed by atoms with E-state index in [1.807, 2.05) is 13.8 Å². The van der Waals surface area contributed by atoms with Gasteiger partial charge in [0.05, 0.1) is 0 Å². The molecule has 1 atom stereocenters. The second kappa shape index (κ2) is 3.97. The molecule has 0 saturated carbocycles. The Balaban J connectivity index is 4.29. The fourth-order valence-electron chi connectivity index (χ4n) is 0.949. The standard InChI is InChI=1S/C7H16N2OS/c1-7(2,11)5(8-3)6(10)9-4/h5,8,11H,1-4H3,(H,9,10)/t5-/m1/s1. The first-order valence-electron chi connectivity index (χ1n) is 3.54. The Hall–Kier alpha value is -0.220. The zero-order valence-electron chi connectivity index (χ0n) is 7.43. The number of amides is 1. The van der Waals surface area contributed by atoms with Gasteiger partial charge in [0, 0.05) is 11.8 Å². The molecule has 3 nitrogen and oxygen atoms in total. The zero-order chi connectivity index (χ0) is 9.07. The molecular formula is C7H16N2OS. The van der Waals surface area contributed by atoms with E-state index in [-0.39, 0.29) is 16.7 Å². The van der Waals surface area contributed by atoms with E-state index in [2.05, 4.69) is 23.3 Å². The van der Waals surface area contributed by atoms with Crippen LogP contribution in [0.2, 0.25) is 0 Å². The summed E-state index contributed by atoms with van der Waals surface area (Å²) < 4.78 is -0.338. The summed E-state index contributed by atoms with van der Waals surface area (Å²) in [6.45, 7) is 3.79. The van der Waals surface area contributed by atoms with Gasteiger partial charge in [-0.25, -0.2) is 0 Å². The molecule has 0 aromatic heterocycles. The van der Waals surface area contributed by atoms with Gasteiger partial charge in [-0.05, 0) is 20.9 Å². The average molecular weight is 176 g/mol. The molecule has 0 radical (unpaired) electrons. The predicted octanol–water partition coefficient (Wildman–Crippen LogP) is 0.0288. The quantitative estimate of drug-likeness (QED) is 0.531. The molecule has 0 bridgehead atoms. The highest BCUT2D eigenvalue weighted by atomic mass is 32.1. The van der Waals surface area contributed by atoms with Crippen molar-refractivity contribution in [2.24, 2.45) is 0 Å². The lowest BCUT2D eigenvalue weighted by atomic mass is 10.0. The Labute approximate surface area is 73.3 Å². The fraction of sp³-hybridized carbons (Fsp3) is 0.857. The van der Waals surface area contributed by atoms with Gasteiger partial charge in [-0.1, -0.05) is 0 Å². The van der Waals surface area contributed by atoms with Crippen LogP contribution in [0.15, 0.2) is 0 Å². The van der Waals surface area contributed by atoms with E-state index in [4.69, 9.17) is 0 Å². The number of hydrogen-bond donors (Lipinski definition) is 3.